The Morgan fingerprint density at radius 2 is 1.90 bits per heavy atom. The predicted molar refractivity (Wildman–Crippen MR) is 85.9 cm³/mol. The first-order valence-corrected chi connectivity index (χ1v) is 7.64. The summed E-state index contributed by atoms with van der Waals surface area (Å²) in [6.07, 6.45) is 5.27. The maximum absolute atomic E-state index is 12.1. The van der Waals surface area contributed by atoms with Gasteiger partial charge in [-0.3, -0.25) is 18.9 Å². The minimum Gasteiger partial charge on any atom is -0.494 e. The Balaban J connectivity index is 2.07. The quantitative estimate of drug-likeness (QED) is 0.667. The Morgan fingerprint density at radius 3 is 2.57 bits per heavy atom. The smallest absolute Gasteiger partial charge is 0.266 e. The Kier molecular flexibility index (Phi) is 5.30. The first-order valence-electron chi connectivity index (χ1n) is 7.23. The van der Waals surface area contributed by atoms with Crippen LogP contribution >= 0.6 is 12.2 Å². The van der Waals surface area contributed by atoms with E-state index < -0.39 is 0 Å². The summed E-state index contributed by atoms with van der Waals surface area (Å²) in [5.74, 6) is -0.134. The highest BCUT2D eigenvalue weighted by atomic mass is 32.1. The number of piperidine rings is 1. The summed E-state index contributed by atoms with van der Waals surface area (Å²) in [5.41, 5.74) is -0.135. The SMILES string of the molecule is Cn1c(O)c(C=NCCN2CCCCC2)c(=O)n(C)c1=S. The van der Waals surface area contributed by atoms with Crippen LogP contribution in [-0.4, -0.2) is 51.5 Å². The minimum absolute atomic E-state index is 0.134. The van der Waals surface area contributed by atoms with Gasteiger partial charge in [-0.15, -0.1) is 0 Å². The molecular weight excluding hydrogens is 288 g/mol. The monoisotopic (exact) mass is 310 g/mol. The molecule has 0 unspecified atom stereocenters. The van der Waals surface area contributed by atoms with Gasteiger partial charge in [-0.25, -0.2) is 0 Å². The number of likely N-dealkylation sites (tertiary alicyclic amines) is 1. The van der Waals surface area contributed by atoms with Gasteiger partial charge in [0.2, 0.25) is 5.88 Å². The molecule has 0 saturated carbocycles. The molecule has 1 fully saturated rings. The fraction of sp³-hybridized carbons (Fsp3) is 0.643. The maximum atomic E-state index is 12.1. The third kappa shape index (κ3) is 3.59. The molecule has 1 aliphatic rings. The van der Waals surface area contributed by atoms with Gasteiger partial charge in [0.05, 0.1) is 6.54 Å². The summed E-state index contributed by atoms with van der Waals surface area (Å²) in [7, 11) is 3.22. The first-order chi connectivity index (χ1) is 10.0. The lowest BCUT2D eigenvalue weighted by atomic mass is 10.1. The summed E-state index contributed by atoms with van der Waals surface area (Å²) in [5, 5.41) is 10.0. The standard InChI is InChI=1S/C14H22N4O2S/c1-16-12(19)11(13(20)17(2)14(16)21)10-15-6-9-18-7-4-3-5-8-18/h10,19H,3-9H2,1-2H3. The average Bonchev–Trinajstić information content (AvgIpc) is 2.51. The largest absolute Gasteiger partial charge is 0.494 e. The maximum Gasteiger partial charge on any atom is 0.266 e. The highest BCUT2D eigenvalue weighted by Crippen LogP contribution is 2.10. The van der Waals surface area contributed by atoms with Crippen LogP contribution in [0.1, 0.15) is 24.8 Å². The van der Waals surface area contributed by atoms with Crippen LogP contribution in [0, 0.1) is 4.77 Å². The molecule has 1 N–H and O–H groups in total. The Morgan fingerprint density at radius 1 is 1.24 bits per heavy atom. The first kappa shape index (κ1) is 15.9. The van der Waals surface area contributed by atoms with E-state index in [1.165, 1.54) is 34.6 Å². The van der Waals surface area contributed by atoms with Gasteiger partial charge in [-0.1, -0.05) is 6.42 Å². The third-order valence-corrected chi connectivity index (χ3v) is 4.43. The number of rotatable bonds is 4. The molecule has 1 saturated heterocycles. The molecule has 21 heavy (non-hydrogen) atoms. The molecule has 0 atom stereocenters. The molecule has 0 aromatic carbocycles. The van der Waals surface area contributed by atoms with Crippen LogP contribution in [0.15, 0.2) is 9.79 Å². The van der Waals surface area contributed by atoms with Crippen LogP contribution in [0.4, 0.5) is 0 Å². The number of aliphatic imine (C=N–C) groups is 1. The summed E-state index contributed by atoms with van der Waals surface area (Å²) in [4.78, 5) is 18.7. The molecule has 1 aliphatic heterocycles. The van der Waals surface area contributed by atoms with E-state index in [4.69, 9.17) is 12.2 Å². The van der Waals surface area contributed by atoms with E-state index >= 15 is 0 Å². The van der Waals surface area contributed by atoms with Crippen molar-refractivity contribution in [2.24, 2.45) is 19.1 Å². The van der Waals surface area contributed by atoms with Crippen molar-refractivity contribution in [1.82, 2.24) is 14.0 Å². The Hall–Kier alpha value is -1.47. The van der Waals surface area contributed by atoms with Crippen LogP contribution in [0.5, 0.6) is 5.88 Å². The van der Waals surface area contributed by atoms with Gasteiger partial charge in [-0.05, 0) is 38.1 Å². The third-order valence-electron chi connectivity index (χ3n) is 3.88. The number of hydrogen-bond acceptors (Lipinski definition) is 5. The van der Waals surface area contributed by atoms with Crippen molar-refractivity contribution in [3.05, 3.63) is 20.7 Å². The molecule has 1 aromatic heterocycles. The molecule has 1 aromatic rings. The van der Waals surface area contributed by atoms with Crippen LogP contribution in [0.25, 0.3) is 0 Å². The van der Waals surface area contributed by atoms with Gasteiger partial charge < -0.3 is 10.0 Å². The van der Waals surface area contributed by atoms with E-state index in [0.29, 0.717) is 6.54 Å². The van der Waals surface area contributed by atoms with Crippen LogP contribution in [0.3, 0.4) is 0 Å². The molecule has 0 radical (unpaired) electrons. The highest BCUT2D eigenvalue weighted by molar-refractivity contribution is 7.71. The van der Waals surface area contributed by atoms with Crippen LogP contribution in [0.2, 0.25) is 0 Å². The zero-order valence-electron chi connectivity index (χ0n) is 12.6. The Bertz CT molecular complexity index is 642. The van der Waals surface area contributed by atoms with Gasteiger partial charge in [0.15, 0.2) is 4.77 Å². The van der Waals surface area contributed by atoms with E-state index in [1.807, 2.05) is 0 Å². The van der Waals surface area contributed by atoms with E-state index in [2.05, 4.69) is 9.89 Å². The van der Waals surface area contributed by atoms with Crippen molar-refractivity contribution in [3.8, 4) is 5.88 Å². The Labute approximate surface area is 129 Å². The van der Waals surface area contributed by atoms with Crippen molar-refractivity contribution < 1.29 is 5.11 Å². The number of aromatic hydroxyl groups is 1. The normalized spacial score (nSPS) is 16.7. The summed E-state index contributed by atoms with van der Waals surface area (Å²) < 4.78 is 3.02. The lowest BCUT2D eigenvalue weighted by molar-refractivity contribution is 0.235. The van der Waals surface area contributed by atoms with E-state index in [1.54, 1.807) is 14.1 Å². The van der Waals surface area contributed by atoms with Crippen LogP contribution < -0.4 is 5.56 Å². The second-order valence-electron chi connectivity index (χ2n) is 5.38. The zero-order chi connectivity index (χ0) is 15.4. The lowest BCUT2D eigenvalue weighted by Gasteiger charge is -2.25. The van der Waals surface area contributed by atoms with E-state index in [-0.39, 0.29) is 21.8 Å². The highest BCUT2D eigenvalue weighted by Gasteiger charge is 2.11. The number of nitrogens with zero attached hydrogens (tertiary/aromatic N) is 4. The van der Waals surface area contributed by atoms with Crippen molar-refractivity contribution >= 4 is 18.4 Å². The van der Waals surface area contributed by atoms with Crippen LogP contribution in [-0.2, 0) is 14.1 Å². The summed E-state index contributed by atoms with van der Waals surface area (Å²) in [6, 6.07) is 0. The van der Waals surface area contributed by atoms with E-state index in [9.17, 15) is 9.90 Å². The van der Waals surface area contributed by atoms with Gasteiger partial charge in [0.1, 0.15) is 5.56 Å². The summed E-state index contributed by atoms with van der Waals surface area (Å²) >= 11 is 5.06. The van der Waals surface area contributed by atoms with Crippen molar-refractivity contribution in [2.75, 3.05) is 26.2 Å². The van der Waals surface area contributed by atoms with Crippen molar-refractivity contribution in [1.29, 1.82) is 0 Å². The van der Waals surface area contributed by atoms with E-state index in [0.717, 1.165) is 19.6 Å². The number of aromatic nitrogens is 2. The fourth-order valence-electron chi connectivity index (χ4n) is 2.51. The second-order valence-corrected chi connectivity index (χ2v) is 5.75. The summed E-state index contributed by atoms with van der Waals surface area (Å²) in [6.45, 7) is 3.77. The topological polar surface area (TPSA) is 62.8 Å². The molecule has 0 spiro atoms. The molecular formula is C14H22N4O2S. The molecule has 2 heterocycles. The van der Waals surface area contributed by atoms with Gasteiger partial charge in [0, 0.05) is 26.9 Å². The lowest BCUT2D eigenvalue weighted by Crippen LogP contribution is -2.32. The number of hydrogen-bond donors (Lipinski definition) is 1. The molecule has 0 bridgehead atoms. The average molecular weight is 310 g/mol. The second kappa shape index (κ2) is 7.00. The van der Waals surface area contributed by atoms with Gasteiger partial charge in [-0.2, -0.15) is 0 Å². The molecule has 116 valence electrons. The molecule has 0 amide bonds. The molecule has 7 heteroatoms. The van der Waals surface area contributed by atoms with Crippen molar-refractivity contribution in [3.63, 3.8) is 0 Å². The minimum atomic E-state index is -0.322. The molecule has 2 rings (SSSR count). The predicted octanol–water partition coefficient (Wildman–Crippen LogP) is 1.06. The fourth-order valence-corrected chi connectivity index (χ4v) is 2.68. The van der Waals surface area contributed by atoms with Gasteiger partial charge >= 0.3 is 0 Å². The zero-order valence-corrected chi connectivity index (χ0v) is 13.4. The van der Waals surface area contributed by atoms with Gasteiger partial charge in [0.25, 0.3) is 5.56 Å². The van der Waals surface area contributed by atoms with Crippen molar-refractivity contribution in [2.45, 2.75) is 19.3 Å². The molecule has 0 aliphatic carbocycles. The molecule has 6 nitrogen and oxygen atoms in total.